The zero-order chi connectivity index (χ0) is 14.3. The number of halogens is 1. The van der Waals surface area contributed by atoms with Crippen molar-refractivity contribution in [3.8, 4) is 0 Å². The van der Waals surface area contributed by atoms with E-state index in [0.29, 0.717) is 42.5 Å². The summed E-state index contributed by atoms with van der Waals surface area (Å²) < 4.78 is 0. The fourth-order valence-corrected chi connectivity index (χ4v) is 2.81. The standard InChI is InChI=1S/C13H15ClN4O2/c14-10-5-8(1-2-11(10)15)12(19)17-3-4-18-9(7-17)6-16-13(18)20/h1-2,5,9H,3-4,6-7,15H2,(H,16,20). The highest BCUT2D eigenvalue weighted by atomic mass is 35.5. The minimum atomic E-state index is -0.0779. The Kier molecular flexibility index (Phi) is 3.17. The number of urea groups is 1. The molecule has 0 radical (unpaired) electrons. The molecule has 2 aliphatic rings. The number of anilines is 1. The molecule has 2 heterocycles. The second kappa shape index (κ2) is 4.86. The van der Waals surface area contributed by atoms with Crippen LogP contribution >= 0.6 is 11.6 Å². The molecular weight excluding hydrogens is 280 g/mol. The first kappa shape index (κ1) is 13.1. The topological polar surface area (TPSA) is 78.7 Å². The van der Waals surface area contributed by atoms with Crippen molar-refractivity contribution in [1.29, 1.82) is 0 Å². The number of nitrogens with zero attached hydrogens (tertiary/aromatic N) is 2. The third kappa shape index (κ3) is 2.16. The highest BCUT2D eigenvalue weighted by Crippen LogP contribution is 2.22. The maximum Gasteiger partial charge on any atom is 0.317 e. The van der Waals surface area contributed by atoms with Crippen molar-refractivity contribution < 1.29 is 9.59 Å². The fraction of sp³-hybridized carbons (Fsp3) is 0.385. The molecule has 1 aromatic rings. The molecule has 106 valence electrons. The van der Waals surface area contributed by atoms with Crippen LogP contribution in [0.3, 0.4) is 0 Å². The molecule has 20 heavy (non-hydrogen) atoms. The van der Waals surface area contributed by atoms with Gasteiger partial charge in [0, 0.05) is 31.7 Å². The third-order valence-corrected chi connectivity index (χ3v) is 4.09. The van der Waals surface area contributed by atoms with E-state index in [-0.39, 0.29) is 18.0 Å². The smallest absolute Gasteiger partial charge is 0.317 e. The molecule has 6 nitrogen and oxygen atoms in total. The number of carbonyl (C=O) groups is 2. The number of hydrogen-bond donors (Lipinski definition) is 2. The molecule has 0 aliphatic carbocycles. The van der Waals surface area contributed by atoms with Crippen molar-refractivity contribution >= 4 is 29.2 Å². The van der Waals surface area contributed by atoms with Gasteiger partial charge in [0.15, 0.2) is 0 Å². The third-order valence-electron chi connectivity index (χ3n) is 3.77. The molecule has 0 aromatic heterocycles. The number of carbonyl (C=O) groups excluding carboxylic acids is 2. The van der Waals surface area contributed by atoms with Crippen molar-refractivity contribution in [3.05, 3.63) is 28.8 Å². The molecule has 1 unspecified atom stereocenters. The lowest BCUT2D eigenvalue weighted by atomic mass is 10.1. The highest BCUT2D eigenvalue weighted by molar-refractivity contribution is 6.33. The summed E-state index contributed by atoms with van der Waals surface area (Å²) >= 11 is 5.95. The molecule has 0 spiro atoms. The Bertz CT molecular complexity index is 577. The largest absolute Gasteiger partial charge is 0.398 e. The zero-order valence-corrected chi connectivity index (χ0v) is 11.6. The first-order valence-electron chi connectivity index (χ1n) is 6.45. The van der Waals surface area contributed by atoms with Crippen LogP contribution in [-0.4, -0.2) is 54.0 Å². The summed E-state index contributed by atoms with van der Waals surface area (Å²) in [5.41, 5.74) is 6.62. The first-order valence-corrected chi connectivity index (χ1v) is 6.83. The lowest BCUT2D eigenvalue weighted by Gasteiger charge is -2.36. The van der Waals surface area contributed by atoms with Crippen LogP contribution in [-0.2, 0) is 0 Å². The Hall–Kier alpha value is -1.95. The van der Waals surface area contributed by atoms with Gasteiger partial charge in [-0.25, -0.2) is 4.79 Å². The van der Waals surface area contributed by atoms with E-state index in [4.69, 9.17) is 17.3 Å². The average molecular weight is 295 g/mol. The number of piperazine rings is 1. The molecule has 2 aliphatic heterocycles. The van der Waals surface area contributed by atoms with Gasteiger partial charge in [-0.1, -0.05) is 11.6 Å². The van der Waals surface area contributed by atoms with Crippen LogP contribution in [0, 0.1) is 0 Å². The van der Waals surface area contributed by atoms with Crippen LogP contribution in [0.4, 0.5) is 10.5 Å². The van der Waals surface area contributed by atoms with E-state index in [9.17, 15) is 9.59 Å². The van der Waals surface area contributed by atoms with Crippen molar-refractivity contribution in [3.63, 3.8) is 0 Å². The summed E-state index contributed by atoms with van der Waals surface area (Å²) in [7, 11) is 0. The molecule has 3 N–H and O–H groups in total. The number of amides is 3. The number of nitrogens with one attached hydrogen (secondary N) is 1. The van der Waals surface area contributed by atoms with Gasteiger partial charge in [0.25, 0.3) is 5.91 Å². The molecule has 2 saturated heterocycles. The summed E-state index contributed by atoms with van der Waals surface area (Å²) in [5, 5.41) is 3.17. The highest BCUT2D eigenvalue weighted by Gasteiger charge is 2.37. The number of hydrogen-bond acceptors (Lipinski definition) is 3. The van der Waals surface area contributed by atoms with Gasteiger partial charge >= 0.3 is 6.03 Å². The minimum absolute atomic E-state index is 0.0439. The van der Waals surface area contributed by atoms with Gasteiger partial charge in [-0.15, -0.1) is 0 Å². The van der Waals surface area contributed by atoms with Crippen LogP contribution in [0.25, 0.3) is 0 Å². The molecule has 3 rings (SSSR count). The Labute approximate surface area is 121 Å². The van der Waals surface area contributed by atoms with Crippen molar-refractivity contribution in [2.24, 2.45) is 0 Å². The van der Waals surface area contributed by atoms with Crippen LogP contribution in [0.1, 0.15) is 10.4 Å². The van der Waals surface area contributed by atoms with Crippen molar-refractivity contribution in [1.82, 2.24) is 15.1 Å². The van der Waals surface area contributed by atoms with E-state index in [0.717, 1.165) is 0 Å². The normalized spacial score (nSPS) is 21.6. The van der Waals surface area contributed by atoms with Crippen molar-refractivity contribution in [2.75, 3.05) is 31.9 Å². The van der Waals surface area contributed by atoms with E-state index in [2.05, 4.69) is 5.32 Å². The number of nitrogens with two attached hydrogens (primary N) is 1. The van der Waals surface area contributed by atoms with E-state index in [1.807, 2.05) is 0 Å². The second-order valence-corrected chi connectivity index (χ2v) is 5.43. The fourth-order valence-electron chi connectivity index (χ4n) is 2.63. The van der Waals surface area contributed by atoms with Gasteiger partial charge in [-0.2, -0.15) is 0 Å². The summed E-state index contributed by atoms with van der Waals surface area (Å²) in [6, 6.07) is 4.91. The monoisotopic (exact) mass is 294 g/mol. The summed E-state index contributed by atoms with van der Waals surface area (Å²) in [6.45, 7) is 2.22. The molecule has 3 amide bonds. The quantitative estimate of drug-likeness (QED) is 0.751. The zero-order valence-electron chi connectivity index (χ0n) is 10.8. The molecule has 0 bridgehead atoms. The van der Waals surface area contributed by atoms with Crippen LogP contribution in [0.2, 0.25) is 5.02 Å². The molecule has 2 fully saturated rings. The Morgan fingerprint density at radius 2 is 2.20 bits per heavy atom. The Morgan fingerprint density at radius 1 is 1.40 bits per heavy atom. The summed E-state index contributed by atoms with van der Waals surface area (Å²) in [5.74, 6) is -0.0779. The molecule has 7 heteroatoms. The lowest BCUT2D eigenvalue weighted by Crippen LogP contribution is -2.53. The lowest BCUT2D eigenvalue weighted by molar-refractivity contribution is 0.0617. The van der Waals surface area contributed by atoms with Crippen LogP contribution in [0.15, 0.2) is 18.2 Å². The Balaban J connectivity index is 1.75. The van der Waals surface area contributed by atoms with Gasteiger partial charge in [0.05, 0.1) is 16.8 Å². The van der Waals surface area contributed by atoms with Crippen LogP contribution < -0.4 is 11.1 Å². The summed E-state index contributed by atoms with van der Waals surface area (Å²) in [6.07, 6.45) is 0. The van der Waals surface area contributed by atoms with E-state index >= 15 is 0 Å². The number of benzene rings is 1. The summed E-state index contributed by atoms with van der Waals surface area (Å²) in [4.78, 5) is 27.5. The van der Waals surface area contributed by atoms with Gasteiger partial charge in [0.2, 0.25) is 0 Å². The number of nitrogen functional groups attached to an aromatic ring is 1. The molecule has 0 saturated carbocycles. The predicted molar refractivity (Wildman–Crippen MR) is 75.7 cm³/mol. The van der Waals surface area contributed by atoms with Gasteiger partial charge in [-0.05, 0) is 18.2 Å². The molecular formula is C13H15ClN4O2. The molecule has 1 atom stereocenters. The van der Waals surface area contributed by atoms with Gasteiger partial charge in [0.1, 0.15) is 0 Å². The first-order chi connectivity index (χ1) is 9.56. The van der Waals surface area contributed by atoms with Crippen molar-refractivity contribution in [2.45, 2.75) is 6.04 Å². The van der Waals surface area contributed by atoms with Gasteiger partial charge < -0.3 is 20.9 Å². The average Bonchev–Trinajstić information content (AvgIpc) is 2.82. The Morgan fingerprint density at radius 3 is 2.95 bits per heavy atom. The SMILES string of the molecule is Nc1ccc(C(=O)N2CCN3C(=O)NCC3C2)cc1Cl. The predicted octanol–water partition coefficient (Wildman–Crippen LogP) is 0.772. The van der Waals surface area contributed by atoms with E-state index in [1.165, 1.54) is 0 Å². The number of rotatable bonds is 1. The van der Waals surface area contributed by atoms with E-state index < -0.39 is 0 Å². The molecule has 1 aromatic carbocycles. The van der Waals surface area contributed by atoms with E-state index in [1.54, 1.807) is 28.0 Å². The van der Waals surface area contributed by atoms with Gasteiger partial charge in [-0.3, -0.25) is 4.79 Å². The minimum Gasteiger partial charge on any atom is -0.398 e. The maximum atomic E-state index is 12.4. The second-order valence-electron chi connectivity index (χ2n) is 5.02. The van der Waals surface area contributed by atoms with Crippen LogP contribution in [0.5, 0.6) is 0 Å². The number of fused-ring (bicyclic) bond motifs is 1. The maximum absolute atomic E-state index is 12.4.